The smallest absolute Gasteiger partial charge is 0.497 e. The number of nitrogens with zero attached hydrogens (tertiary/aromatic N) is 3. The number of amides is 1. The van der Waals surface area contributed by atoms with Crippen LogP contribution in [0.1, 0.15) is 45.9 Å². The van der Waals surface area contributed by atoms with Gasteiger partial charge in [-0.2, -0.15) is 5.10 Å². The maximum absolute atomic E-state index is 15.1. The van der Waals surface area contributed by atoms with Crippen LogP contribution in [0.3, 0.4) is 0 Å². The summed E-state index contributed by atoms with van der Waals surface area (Å²) in [4.78, 5) is 15.0. The first-order valence-corrected chi connectivity index (χ1v) is 12.8. The van der Waals surface area contributed by atoms with Crippen molar-refractivity contribution in [2.24, 2.45) is 0 Å². The van der Waals surface area contributed by atoms with Gasteiger partial charge in [0.1, 0.15) is 17.3 Å². The van der Waals surface area contributed by atoms with Crippen molar-refractivity contribution in [2.45, 2.75) is 38.6 Å². The van der Waals surface area contributed by atoms with E-state index in [1.165, 1.54) is 18.2 Å². The molecule has 1 aliphatic heterocycles. The molecule has 1 aliphatic rings. The number of carbonyl (C=O) groups excluding carboxylic acids is 1. The van der Waals surface area contributed by atoms with Gasteiger partial charge in [-0.25, -0.2) is 8.91 Å². The third kappa shape index (κ3) is 5.98. The van der Waals surface area contributed by atoms with Crippen molar-refractivity contribution in [3.63, 3.8) is 0 Å². The molecule has 0 unspecified atom stereocenters. The van der Waals surface area contributed by atoms with Crippen LogP contribution >= 0.6 is 0 Å². The van der Waals surface area contributed by atoms with Crippen molar-refractivity contribution in [3.8, 4) is 11.5 Å². The third-order valence-electron chi connectivity index (χ3n) is 7.13. The van der Waals surface area contributed by atoms with E-state index in [9.17, 15) is 18.0 Å². The lowest BCUT2D eigenvalue weighted by Gasteiger charge is -2.34. The molecule has 1 saturated heterocycles. The Hall–Kier alpha value is -4.28. The van der Waals surface area contributed by atoms with Gasteiger partial charge in [0, 0.05) is 37.6 Å². The average Bonchev–Trinajstić information content (AvgIpc) is 3.26. The van der Waals surface area contributed by atoms with E-state index in [0.29, 0.717) is 59.6 Å². The Labute approximate surface area is 228 Å². The fourth-order valence-corrected chi connectivity index (χ4v) is 5.14. The van der Waals surface area contributed by atoms with Crippen LogP contribution in [0.5, 0.6) is 11.5 Å². The van der Waals surface area contributed by atoms with Gasteiger partial charge in [-0.3, -0.25) is 4.79 Å². The van der Waals surface area contributed by atoms with Crippen LogP contribution in [0.15, 0.2) is 60.8 Å². The number of nitrogens with one attached hydrogen (secondary N) is 1. The van der Waals surface area contributed by atoms with Crippen LogP contribution < -0.4 is 19.7 Å². The van der Waals surface area contributed by atoms with Gasteiger partial charge in [-0.15, -0.1) is 13.2 Å². The fourth-order valence-electron chi connectivity index (χ4n) is 5.14. The molecule has 11 heteroatoms. The molecule has 40 heavy (non-hydrogen) atoms. The Kier molecular flexibility index (Phi) is 7.55. The number of aryl methyl sites for hydroxylation is 1. The molecule has 0 atom stereocenters. The Morgan fingerprint density at radius 1 is 1.05 bits per heavy atom. The quantitative estimate of drug-likeness (QED) is 0.283. The summed E-state index contributed by atoms with van der Waals surface area (Å²) in [5, 5.41) is 7.23. The highest BCUT2D eigenvalue weighted by atomic mass is 19.4. The molecule has 3 heterocycles. The number of alkyl halides is 3. The zero-order valence-corrected chi connectivity index (χ0v) is 22.0. The number of pyridine rings is 1. The number of piperidine rings is 1. The highest BCUT2D eigenvalue weighted by molar-refractivity contribution is 6.02. The van der Waals surface area contributed by atoms with E-state index in [-0.39, 0.29) is 29.9 Å². The van der Waals surface area contributed by atoms with Gasteiger partial charge in [0.25, 0.3) is 5.91 Å². The zero-order valence-electron chi connectivity index (χ0n) is 22.0. The number of halogens is 4. The lowest BCUT2D eigenvalue weighted by atomic mass is 9.88. The lowest BCUT2D eigenvalue weighted by Crippen LogP contribution is -2.33. The van der Waals surface area contributed by atoms with Crippen molar-refractivity contribution >= 4 is 17.1 Å². The molecular formula is C29H28F4N4O3. The predicted octanol–water partition coefficient (Wildman–Crippen LogP) is 6.00. The summed E-state index contributed by atoms with van der Waals surface area (Å²) in [6.45, 7) is 3.20. The molecule has 2 aromatic carbocycles. The normalized spacial score (nSPS) is 14.4. The molecule has 4 aromatic rings. The van der Waals surface area contributed by atoms with Crippen LogP contribution in [0.25, 0.3) is 5.52 Å². The van der Waals surface area contributed by atoms with E-state index in [2.05, 4.69) is 20.1 Å². The molecule has 0 bridgehead atoms. The van der Waals surface area contributed by atoms with Crippen LogP contribution in [0, 0.1) is 12.7 Å². The van der Waals surface area contributed by atoms with Crippen LogP contribution in [0.2, 0.25) is 0 Å². The summed E-state index contributed by atoms with van der Waals surface area (Å²) in [6, 6.07) is 14.3. The van der Waals surface area contributed by atoms with Gasteiger partial charge in [-0.05, 0) is 73.2 Å². The number of fused-ring (bicyclic) bond motifs is 1. The molecule has 210 valence electrons. The van der Waals surface area contributed by atoms with Crippen LogP contribution in [0.4, 0.5) is 23.2 Å². The number of anilines is 1. The number of hydrogen-bond acceptors (Lipinski definition) is 5. The first kappa shape index (κ1) is 27.3. The standard InChI is InChI=1S/C29H28F4N4O3/c1-18-27(26-16-23(39-2)11-14-37(26)35-18)28(38)34-17-19-3-8-24(25(30)15-19)20-9-12-36(13-10-20)21-4-6-22(7-5-21)40-29(31,32)33/h3-8,11,14-16,20H,9-10,12-13,17H2,1-2H3,(H,34,38). The minimum Gasteiger partial charge on any atom is -0.497 e. The first-order chi connectivity index (χ1) is 19.1. The van der Waals surface area contributed by atoms with Crippen molar-refractivity contribution in [1.29, 1.82) is 0 Å². The summed E-state index contributed by atoms with van der Waals surface area (Å²) < 4.78 is 63.1. The van der Waals surface area contributed by atoms with Gasteiger partial charge < -0.3 is 19.7 Å². The van der Waals surface area contributed by atoms with Crippen LogP contribution in [-0.4, -0.2) is 42.1 Å². The van der Waals surface area contributed by atoms with E-state index < -0.39 is 6.36 Å². The van der Waals surface area contributed by atoms with Crippen molar-refractivity contribution in [2.75, 3.05) is 25.1 Å². The Bertz CT molecular complexity index is 1510. The molecule has 1 amide bonds. The first-order valence-electron chi connectivity index (χ1n) is 12.8. The molecular weight excluding hydrogens is 528 g/mol. The summed E-state index contributed by atoms with van der Waals surface area (Å²) in [6.07, 6.45) is -1.61. The minimum atomic E-state index is -4.73. The Balaban J connectivity index is 1.18. The average molecular weight is 557 g/mol. The molecule has 0 spiro atoms. The second-order valence-corrected chi connectivity index (χ2v) is 9.70. The van der Waals surface area contributed by atoms with Gasteiger partial charge in [0.05, 0.1) is 23.9 Å². The van der Waals surface area contributed by atoms with Gasteiger partial charge in [0.2, 0.25) is 0 Å². The largest absolute Gasteiger partial charge is 0.573 e. The molecule has 7 nitrogen and oxygen atoms in total. The van der Waals surface area contributed by atoms with Crippen molar-refractivity contribution < 1.29 is 31.8 Å². The van der Waals surface area contributed by atoms with Crippen molar-refractivity contribution in [3.05, 3.63) is 89.0 Å². The summed E-state index contributed by atoms with van der Waals surface area (Å²) >= 11 is 0. The van der Waals surface area contributed by atoms with Crippen LogP contribution in [-0.2, 0) is 6.54 Å². The molecule has 2 aromatic heterocycles. The monoisotopic (exact) mass is 556 g/mol. The number of aromatic nitrogens is 2. The predicted molar refractivity (Wildman–Crippen MR) is 141 cm³/mol. The molecule has 5 rings (SSSR count). The highest BCUT2D eigenvalue weighted by Crippen LogP contribution is 2.33. The van der Waals surface area contributed by atoms with Gasteiger partial charge in [0.15, 0.2) is 0 Å². The number of hydrogen-bond donors (Lipinski definition) is 1. The molecule has 1 N–H and O–H groups in total. The second-order valence-electron chi connectivity index (χ2n) is 9.70. The van der Waals surface area contributed by atoms with Crippen molar-refractivity contribution in [1.82, 2.24) is 14.9 Å². The number of ether oxygens (including phenoxy) is 2. The Morgan fingerprint density at radius 2 is 1.77 bits per heavy atom. The number of methoxy groups -OCH3 is 1. The summed E-state index contributed by atoms with van der Waals surface area (Å²) in [5.41, 5.74) is 3.68. The van der Waals surface area contributed by atoms with E-state index in [4.69, 9.17) is 4.74 Å². The van der Waals surface area contributed by atoms with E-state index >= 15 is 4.39 Å². The molecule has 0 radical (unpaired) electrons. The molecule has 0 saturated carbocycles. The van der Waals surface area contributed by atoms with E-state index in [0.717, 1.165) is 5.69 Å². The molecule has 0 aliphatic carbocycles. The maximum Gasteiger partial charge on any atom is 0.573 e. The van der Waals surface area contributed by atoms with Gasteiger partial charge in [-0.1, -0.05) is 12.1 Å². The Morgan fingerprint density at radius 3 is 2.42 bits per heavy atom. The van der Waals surface area contributed by atoms with E-state index in [1.807, 2.05) is 6.07 Å². The molecule has 1 fully saturated rings. The summed E-state index contributed by atoms with van der Waals surface area (Å²) in [7, 11) is 1.55. The second kappa shape index (κ2) is 11.1. The lowest BCUT2D eigenvalue weighted by molar-refractivity contribution is -0.274. The third-order valence-corrected chi connectivity index (χ3v) is 7.13. The summed E-state index contributed by atoms with van der Waals surface area (Å²) in [5.74, 6) is -0.271. The number of carbonyl (C=O) groups is 1. The van der Waals surface area contributed by atoms with E-state index in [1.54, 1.807) is 55.1 Å². The minimum absolute atomic E-state index is 0.0177. The SMILES string of the molecule is COc1ccn2nc(C)c(C(=O)NCc3ccc(C4CCN(c5ccc(OC(F)(F)F)cc5)CC4)c(F)c3)c2c1. The van der Waals surface area contributed by atoms with Gasteiger partial charge >= 0.3 is 6.36 Å². The highest BCUT2D eigenvalue weighted by Gasteiger charge is 2.31. The number of benzene rings is 2. The zero-order chi connectivity index (χ0) is 28.4. The number of rotatable bonds is 7. The topological polar surface area (TPSA) is 68.1 Å². The maximum atomic E-state index is 15.1. The fraction of sp³-hybridized carbons (Fsp3) is 0.310.